The van der Waals surface area contributed by atoms with Crippen molar-refractivity contribution in [1.29, 1.82) is 0 Å². The third-order valence-corrected chi connectivity index (χ3v) is 4.18. The molecule has 0 spiro atoms. The van der Waals surface area contributed by atoms with Crippen LogP contribution in [0.5, 0.6) is 11.5 Å². The van der Waals surface area contributed by atoms with Crippen LogP contribution in [0.1, 0.15) is 5.56 Å². The largest absolute Gasteiger partial charge is 0.496 e. The van der Waals surface area contributed by atoms with Gasteiger partial charge in [0.05, 0.1) is 7.11 Å². The van der Waals surface area contributed by atoms with Gasteiger partial charge in [-0.15, -0.1) is 0 Å². The quantitative estimate of drug-likeness (QED) is 0.702. The van der Waals surface area contributed by atoms with Crippen molar-refractivity contribution in [2.24, 2.45) is 0 Å². The Labute approximate surface area is 150 Å². The number of carbonyl (C=O) groups is 1. The first-order valence-electron chi connectivity index (χ1n) is 7.78. The number of rotatable bonds is 6. The van der Waals surface area contributed by atoms with E-state index in [9.17, 15) is 9.90 Å². The fourth-order valence-corrected chi connectivity index (χ4v) is 2.93. The van der Waals surface area contributed by atoms with E-state index >= 15 is 0 Å². The van der Waals surface area contributed by atoms with Gasteiger partial charge in [-0.25, -0.2) is 4.79 Å². The molecular weight excluding hydrogens is 340 g/mol. The molecule has 128 valence electrons. The predicted molar refractivity (Wildman–Crippen MR) is 97.7 cm³/mol. The normalized spacial score (nSPS) is 11.9. The molecule has 0 saturated heterocycles. The molecule has 4 nitrogen and oxygen atoms in total. The summed E-state index contributed by atoms with van der Waals surface area (Å²) in [6.07, 6.45) is -0.916. The molecule has 1 N–H and O–H groups in total. The van der Waals surface area contributed by atoms with Crippen molar-refractivity contribution >= 4 is 28.3 Å². The number of methoxy groups -OCH3 is 1. The first-order chi connectivity index (χ1) is 12.1. The molecule has 0 aliphatic heterocycles. The standard InChI is InChI=1S/C20H17ClO4/c1-24-17-10-9-15(21)11-14(17)12-19(20(22)23)25-18-8-4-6-13-5-2-3-7-16(13)18/h2-11,19H,12H2,1H3,(H,22,23)/t19-/m0/s1. The third-order valence-electron chi connectivity index (χ3n) is 3.94. The van der Waals surface area contributed by atoms with Crippen LogP contribution in [0, 0.1) is 0 Å². The zero-order valence-electron chi connectivity index (χ0n) is 13.6. The number of fused-ring (bicyclic) bond motifs is 1. The molecule has 0 unspecified atom stereocenters. The Morgan fingerprint density at radius 3 is 2.60 bits per heavy atom. The lowest BCUT2D eigenvalue weighted by atomic mass is 10.1. The molecule has 25 heavy (non-hydrogen) atoms. The minimum Gasteiger partial charge on any atom is -0.496 e. The van der Waals surface area contributed by atoms with Crippen molar-refractivity contribution in [3.05, 3.63) is 71.2 Å². The Balaban J connectivity index is 1.92. The molecule has 0 amide bonds. The molecule has 0 aliphatic carbocycles. The van der Waals surface area contributed by atoms with Gasteiger partial charge in [0, 0.05) is 16.8 Å². The van der Waals surface area contributed by atoms with Crippen LogP contribution in [-0.2, 0) is 11.2 Å². The summed E-state index contributed by atoms with van der Waals surface area (Å²) in [6, 6.07) is 18.4. The molecule has 3 aromatic rings. The smallest absolute Gasteiger partial charge is 0.345 e. The monoisotopic (exact) mass is 356 g/mol. The molecular formula is C20H17ClO4. The Morgan fingerprint density at radius 1 is 1.08 bits per heavy atom. The van der Waals surface area contributed by atoms with E-state index in [0.717, 1.165) is 10.8 Å². The summed E-state index contributed by atoms with van der Waals surface area (Å²) in [5, 5.41) is 12.0. The van der Waals surface area contributed by atoms with Gasteiger partial charge in [-0.1, -0.05) is 48.0 Å². The van der Waals surface area contributed by atoms with E-state index in [2.05, 4.69) is 0 Å². The van der Waals surface area contributed by atoms with Crippen LogP contribution in [-0.4, -0.2) is 24.3 Å². The minimum absolute atomic E-state index is 0.141. The van der Waals surface area contributed by atoms with Crippen LogP contribution in [0.25, 0.3) is 10.8 Å². The molecule has 3 aromatic carbocycles. The number of aliphatic carboxylic acids is 1. The number of carboxylic acids is 1. The molecule has 1 atom stereocenters. The first-order valence-corrected chi connectivity index (χ1v) is 8.16. The number of halogens is 1. The molecule has 0 heterocycles. The second-order valence-electron chi connectivity index (χ2n) is 5.58. The van der Waals surface area contributed by atoms with Gasteiger partial charge < -0.3 is 14.6 Å². The van der Waals surface area contributed by atoms with Crippen LogP contribution >= 0.6 is 11.6 Å². The number of ether oxygens (including phenoxy) is 2. The Kier molecular flexibility index (Phi) is 5.10. The average molecular weight is 357 g/mol. The molecule has 0 fully saturated rings. The number of hydrogen-bond donors (Lipinski definition) is 1. The van der Waals surface area contributed by atoms with Gasteiger partial charge in [-0.2, -0.15) is 0 Å². The van der Waals surface area contributed by atoms with E-state index in [4.69, 9.17) is 21.1 Å². The highest BCUT2D eigenvalue weighted by molar-refractivity contribution is 6.30. The molecule has 0 aliphatic rings. The lowest BCUT2D eigenvalue weighted by Gasteiger charge is -2.18. The van der Waals surface area contributed by atoms with Gasteiger partial charge in [0.1, 0.15) is 11.5 Å². The summed E-state index contributed by atoms with van der Waals surface area (Å²) in [5.41, 5.74) is 0.683. The van der Waals surface area contributed by atoms with Crippen LogP contribution in [0.3, 0.4) is 0 Å². The third kappa shape index (κ3) is 3.86. The molecule has 0 saturated carbocycles. The maximum absolute atomic E-state index is 11.7. The van der Waals surface area contributed by atoms with Crippen LogP contribution in [0.15, 0.2) is 60.7 Å². The van der Waals surface area contributed by atoms with Crippen LogP contribution < -0.4 is 9.47 Å². The molecule has 3 rings (SSSR count). The van der Waals surface area contributed by atoms with Crippen molar-refractivity contribution in [1.82, 2.24) is 0 Å². The Morgan fingerprint density at radius 2 is 1.84 bits per heavy atom. The Bertz CT molecular complexity index is 902. The second-order valence-corrected chi connectivity index (χ2v) is 6.02. The highest BCUT2D eigenvalue weighted by Crippen LogP contribution is 2.29. The molecule has 0 aromatic heterocycles. The lowest BCUT2D eigenvalue weighted by Crippen LogP contribution is -2.29. The zero-order chi connectivity index (χ0) is 17.8. The van der Waals surface area contributed by atoms with Crippen molar-refractivity contribution in [2.45, 2.75) is 12.5 Å². The maximum atomic E-state index is 11.7. The summed E-state index contributed by atoms with van der Waals surface area (Å²) in [5.74, 6) is 0.0682. The molecule has 5 heteroatoms. The van der Waals surface area contributed by atoms with Gasteiger partial charge in [-0.3, -0.25) is 0 Å². The topological polar surface area (TPSA) is 55.8 Å². The average Bonchev–Trinajstić information content (AvgIpc) is 2.61. The number of carboxylic acid groups (broad SMARTS) is 1. The summed E-state index contributed by atoms with van der Waals surface area (Å²) >= 11 is 6.03. The van der Waals surface area contributed by atoms with Crippen molar-refractivity contribution < 1.29 is 19.4 Å². The number of hydrogen-bond acceptors (Lipinski definition) is 3. The fraction of sp³-hybridized carbons (Fsp3) is 0.150. The van der Waals surface area contributed by atoms with E-state index in [1.165, 1.54) is 7.11 Å². The van der Waals surface area contributed by atoms with Gasteiger partial charge >= 0.3 is 5.97 Å². The van der Waals surface area contributed by atoms with Gasteiger partial charge in [-0.05, 0) is 35.2 Å². The second kappa shape index (κ2) is 7.45. The van der Waals surface area contributed by atoms with Crippen molar-refractivity contribution in [3.8, 4) is 11.5 Å². The van der Waals surface area contributed by atoms with Crippen molar-refractivity contribution in [3.63, 3.8) is 0 Å². The van der Waals surface area contributed by atoms with Gasteiger partial charge in [0.25, 0.3) is 0 Å². The SMILES string of the molecule is COc1ccc(Cl)cc1C[C@H](Oc1cccc2ccccc12)C(=O)O. The van der Waals surface area contributed by atoms with E-state index in [1.807, 2.05) is 36.4 Å². The zero-order valence-corrected chi connectivity index (χ0v) is 14.4. The van der Waals surface area contributed by atoms with Crippen molar-refractivity contribution in [2.75, 3.05) is 7.11 Å². The fourth-order valence-electron chi connectivity index (χ4n) is 2.74. The number of benzene rings is 3. The van der Waals surface area contributed by atoms with Crippen LogP contribution in [0.4, 0.5) is 0 Å². The minimum atomic E-state index is -1.06. The predicted octanol–water partition coefficient (Wildman–Crippen LogP) is 4.58. The summed E-state index contributed by atoms with van der Waals surface area (Å²) < 4.78 is 11.1. The highest BCUT2D eigenvalue weighted by atomic mass is 35.5. The lowest BCUT2D eigenvalue weighted by molar-refractivity contribution is -0.144. The summed E-state index contributed by atoms with van der Waals surface area (Å²) in [6.45, 7) is 0. The summed E-state index contributed by atoms with van der Waals surface area (Å²) in [4.78, 5) is 11.7. The maximum Gasteiger partial charge on any atom is 0.345 e. The van der Waals surface area contributed by atoms with E-state index in [1.54, 1.807) is 24.3 Å². The summed E-state index contributed by atoms with van der Waals surface area (Å²) in [7, 11) is 1.54. The Hall–Kier alpha value is -2.72. The van der Waals surface area contributed by atoms with Gasteiger partial charge in [0.15, 0.2) is 6.10 Å². The van der Waals surface area contributed by atoms with Crippen LogP contribution in [0.2, 0.25) is 5.02 Å². The van der Waals surface area contributed by atoms with E-state index in [0.29, 0.717) is 22.1 Å². The molecule has 0 radical (unpaired) electrons. The first kappa shape index (κ1) is 17.1. The molecule has 0 bridgehead atoms. The highest BCUT2D eigenvalue weighted by Gasteiger charge is 2.23. The van der Waals surface area contributed by atoms with E-state index < -0.39 is 12.1 Å². The van der Waals surface area contributed by atoms with Gasteiger partial charge in [0.2, 0.25) is 0 Å². The van der Waals surface area contributed by atoms with E-state index in [-0.39, 0.29) is 6.42 Å².